The lowest BCUT2D eigenvalue weighted by Gasteiger charge is -2.07. The lowest BCUT2D eigenvalue weighted by molar-refractivity contribution is 0.102. The molecule has 0 saturated heterocycles. The van der Waals surface area contributed by atoms with E-state index in [1.165, 1.54) is 12.1 Å². The Kier molecular flexibility index (Phi) is 3.93. The number of carbonyl (C=O) groups is 1. The van der Waals surface area contributed by atoms with E-state index in [0.717, 1.165) is 16.8 Å². The molecule has 26 heavy (non-hydrogen) atoms. The Balaban J connectivity index is 1.72. The summed E-state index contributed by atoms with van der Waals surface area (Å²) in [7, 11) is 0. The molecule has 2 aromatic carbocycles. The maximum absolute atomic E-state index is 13.2. The summed E-state index contributed by atoms with van der Waals surface area (Å²) >= 11 is 0. The standard InChI is InChI=1S/C20H15FN4O/c1-13-4-2-5-16(12-13)22-20(26)17-6-3-11-25-18(23-24-19(17)25)14-7-9-15(21)10-8-14/h2-12H,1H3,(H,22,26). The van der Waals surface area contributed by atoms with Gasteiger partial charge in [0.1, 0.15) is 5.82 Å². The van der Waals surface area contributed by atoms with Gasteiger partial charge in [-0.05, 0) is 61.0 Å². The predicted octanol–water partition coefficient (Wildman–Crippen LogP) is 4.10. The third-order valence-electron chi connectivity index (χ3n) is 4.06. The minimum atomic E-state index is -0.319. The van der Waals surface area contributed by atoms with Gasteiger partial charge in [0.25, 0.3) is 5.91 Å². The molecule has 0 unspecified atom stereocenters. The van der Waals surface area contributed by atoms with E-state index >= 15 is 0 Å². The normalized spacial score (nSPS) is 10.8. The number of amides is 1. The van der Waals surface area contributed by atoms with Gasteiger partial charge in [-0.3, -0.25) is 9.20 Å². The zero-order valence-corrected chi connectivity index (χ0v) is 14.0. The van der Waals surface area contributed by atoms with Gasteiger partial charge in [-0.2, -0.15) is 0 Å². The molecule has 0 spiro atoms. The molecule has 0 fully saturated rings. The number of hydrogen-bond acceptors (Lipinski definition) is 3. The Morgan fingerprint density at radius 1 is 1.04 bits per heavy atom. The highest BCUT2D eigenvalue weighted by atomic mass is 19.1. The maximum Gasteiger partial charge on any atom is 0.259 e. The summed E-state index contributed by atoms with van der Waals surface area (Å²) in [5, 5.41) is 11.2. The van der Waals surface area contributed by atoms with Crippen molar-refractivity contribution in [2.75, 3.05) is 5.32 Å². The van der Waals surface area contributed by atoms with Crippen molar-refractivity contribution in [2.24, 2.45) is 0 Å². The first kappa shape index (κ1) is 16.0. The monoisotopic (exact) mass is 346 g/mol. The second kappa shape index (κ2) is 6.40. The molecule has 128 valence electrons. The maximum atomic E-state index is 13.2. The van der Waals surface area contributed by atoms with Crippen molar-refractivity contribution < 1.29 is 9.18 Å². The molecule has 0 saturated carbocycles. The number of pyridine rings is 1. The summed E-state index contributed by atoms with van der Waals surface area (Å²) in [6, 6.07) is 17.0. The highest BCUT2D eigenvalue weighted by molar-refractivity contribution is 6.08. The fraction of sp³-hybridized carbons (Fsp3) is 0.0500. The zero-order valence-electron chi connectivity index (χ0n) is 14.0. The minimum Gasteiger partial charge on any atom is -0.322 e. The second-order valence-corrected chi connectivity index (χ2v) is 5.97. The van der Waals surface area contributed by atoms with E-state index in [-0.39, 0.29) is 11.7 Å². The second-order valence-electron chi connectivity index (χ2n) is 5.97. The molecule has 1 N–H and O–H groups in total. The van der Waals surface area contributed by atoms with Crippen LogP contribution in [0.1, 0.15) is 15.9 Å². The van der Waals surface area contributed by atoms with E-state index in [0.29, 0.717) is 17.0 Å². The van der Waals surface area contributed by atoms with Gasteiger partial charge in [0.2, 0.25) is 0 Å². The summed E-state index contributed by atoms with van der Waals surface area (Å²) in [5.41, 5.74) is 3.35. The van der Waals surface area contributed by atoms with E-state index in [1.54, 1.807) is 34.9 Å². The number of nitrogens with one attached hydrogen (secondary N) is 1. The SMILES string of the molecule is Cc1cccc(NC(=O)c2cccn3c(-c4ccc(F)cc4)nnc23)c1. The Labute approximate surface area is 149 Å². The summed E-state index contributed by atoms with van der Waals surface area (Å²) in [5.74, 6) is -0.0368. The molecule has 1 amide bonds. The van der Waals surface area contributed by atoms with Crippen LogP contribution in [0, 0.1) is 12.7 Å². The van der Waals surface area contributed by atoms with E-state index in [1.807, 2.05) is 31.2 Å². The molecular formula is C20H15FN4O. The first-order chi connectivity index (χ1) is 12.6. The van der Waals surface area contributed by atoms with Gasteiger partial charge < -0.3 is 5.32 Å². The molecule has 6 heteroatoms. The fourth-order valence-electron chi connectivity index (χ4n) is 2.81. The molecule has 0 aliphatic rings. The predicted molar refractivity (Wildman–Crippen MR) is 97.5 cm³/mol. The van der Waals surface area contributed by atoms with Gasteiger partial charge in [-0.15, -0.1) is 10.2 Å². The first-order valence-electron chi connectivity index (χ1n) is 8.09. The van der Waals surface area contributed by atoms with Crippen molar-refractivity contribution in [3.05, 3.63) is 83.8 Å². The number of hydrogen-bond donors (Lipinski definition) is 1. The number of aryl methyl sites for hydroxylation is 1. The van der Waals surface area contributed by atoms with Gasteiger partial charge in [0.15, 0.2) is 11.5 Å². The van der Waals surface area contributed by atoms with E-state index < -0.39 is 0 Å². The smallest absolute Gasteiger partial charge is 0.259 e. The zero-order chi connectivity index (χ0) is 18.1. The number of halogens is 1. The number of rotatable bonds is 3. The molecule has 4 rings (SSSR count). The Hall–Kier alpha value is -3.54. The Morgan fingerprint density at radius 3 is 2.62 bits per heavy atom. The van der Waals surface area contributed by atoms with Crippen molar-refractivity contribution in [1.29, 1.82) is 0 Å². The van der Waals surface area contributed by atoms with Crippen LogP contribution in [-0.2, 0) is 0 Å². The number of nitrogens with zero attached hydrogens (tertiary/aromatic N) is 3. The van der Waals surface area contributed by atoms with Gasteiger partial charge in [0.05, 0.1) is 5.56 Å². The largest absolute Gasteiger partial charge is 0.322 e. The number of anilines is 1. The number of carbonyl (C=O) groups excluding carboxylic acids is 1. The highest BCUT2D eigenvalue weighted by Crippen LogP contribution is 2.21. The number of benzene rings is 2. The van der Waals surface area contributed by atoms with E-state index in [4.69, 9.17) is 0 Å². The average molecular weight is 346 g/mol. The summed E-state index contributed by atoms with van der Waals surface area (Å²) < 4.78 is 14.9. The van der Waals surface area contributed by atoms with Gasteiger partial charge in [-0.25, -0.2) is 4.39 Å². The lowest BCUT2D eigenvalue weighted by Crippen LogP contribution is -2.13. The molecule has 0 bridgehead atoms. The van der Waals surface area contributed by atoms with Crippen LogP contribution in [-0.4, -0.2) is 20.5 Å². The topological polar surface area (TPSA) is 59.3 Å². The molecule has 2 aromatic heterocycles. The van der Waals surface area contributed by atoms with Gasteiger partial charge in [0, 0.05) is 17.4 Å². The lowest BCUT2D eigenvalue weighted by atomic mass is 10.2. The first-order valence-corrected chi connectivity index (χ1v) is 8.09. The quantitative estimate of drug-likeness (QED) is 0.608. The molecule has 0 radical (unpaired) electrons. The van der Waals surface area contributed by atoms with Crippen molar-refractivity contribution in [2.45, 2.75) is 6.92 Å². The van der Waals surface area contributed by atoms with Crippen LogP contribution in [0.3, 0.4) is 0 Å². The number of aromatic nitrogens is 3. The molecule has 2 heterocycles. The van der Waals surface area contributed by atoms with Crippen LogP contribution in [0.25, 0.3) is 17.0 Å². The molecule has 5 nitrogen and oxygen atoms in total. The van der Waals surface area contributed by atoms with Crippen LogP contribution in [0.2, 0.25) is 0 Å². The van der Waals surface area contributed by atoms with Crippen LogP contribution >= 0.6 is 0 Å². The highest BCUT2D eigenvalue weighted by Gasteiger charge is 2.16. The molecule has 0 atom stereocenters. The van der Waals surface area contributed by atoms with Crippen molar-refractivity contribution in [1.82, 2.24) is 14.6 Å². The van der Waals surface area contributed by atoms with E-state index in [2.05, 4.69) is 15.5 Å². The molecular weight excluding hydrogens is 331 g/mol. The van der Waals surface area contributed by atoms with Gasteiger partial charge >= 0.3 is 0 Å². The molecule has 4 aromatic rings. The summed E-state index contributed by atoms with van der Waals surface area (Å²) in [6.45, 7) is 1.96. The fourth-order valence-corrected chi connectivity index (χ4v) is 2.81. The average Bonchev–Trinajstić information content (AvgIpc) is 3.06. The van der Waals surface area contributed by atoms with Gasteiger partial charge in [-0.1, -0.05) is 12.1 Å². The Bertz CT molecular complexity index is 1100. The third kappa shape index (κ3) is 2.93. The number of fused-ring (bicyclic) bond motifs is 1. The Morgan fingerprint density at radius 2 is 1.85 bits per heavy atom. The van der Waals surface area contributed by atoms with Crippen LogP contribution in [0.5, 0.6) is 0 Å². The van der Waals surface area contributed by atoms with E-state index in [9.17, 15) is 9.18 Å². The van der Waals surface area contributed by atoms with Crippen molar-refractivity contribution in [3.63, 3.8) is 0 Å². The van der Waals surface area contributed by atoms with Crippen LogP contribution < -0.4 is 5.32 Å². The molecule has 0 aliphatic carbocycles. The summed E-state index contributed by atoms with van der Waals surface area (Å²) in [6.07, 6.45) is 1.78. The summed E-state index contributed by atoms with van der Waals surface area (Å²) in [4.78, 5) is 12.7. The van der Waals surface area contributed by atoms with Crippen molar-refractivity contribution >= 4 is 17.2 Å². The van der Waals surface area contributed by atoms with Crippen molar-refractivity contribution in [3.8, 4) is 11.4 Å². The third-order valence-corrected chi connectivity index (χ3v) is 4.06. The minimum absolute atomic E-state index is 0.265. The van der Waals surface area contributed by atoms with Crippen LogP contribution in [0.4, 0.5) is 10.1 Å². The molecule has 0 aliphatic heterocycles. The van der Waals surface area contributed by atoms with Crippen LogP contribution in [0.15, 0.2) is 66.9 Å².